The molecule has 0 atom stereocenters. The maximum absolute atomic E-state index is 11.7. The second-order valence-electron chi connectivity index (χ2n) is 3.98. The number of carbonyl (C=O) groups excluding carboxylic acids is 1. The summed E-state index contributed by atoms with van der Waals surface area (Å²) in [6, 6.07) is 8.35. The molecule has 0 spiro atoms. The molecule has 104 valence electrons. The number of hydrogen-bond acceptors (Lipinski definition) is 4. The highest BCUT2D eigenvalue weighted by molar-refractivity contribution is 6.30. The topological polar surface area (TPSA) is 71.5 Å². The fourth-order valence-corrected chi connectivity index (χ4v) is 1.67. The molecule has 0 unspecified atom stereocenters. The zero-order valence-electron chi connectivity index (χ0n) is 10.5. The van der Waals surface area contributed by atoms with Gasteiger partial charge in [-0.25, -0.2) is 0 Å². The van der Waals surface area contributed by atoms with E-state index in [1.54, 1.807) is 36.5 Å². The first kappa shape index (κ1) is 14.3. The van der Waals surface area contributed by atoms with Gasteiger partial charge in [0.25, 0.3) is 5.91 Å². The summed E-state index contributed by atoms with van der Waals surface area (Å²) in [6.07, 6.45) is 3.02. The molecular weight excluding hydrogens is 280 g/mol. The minimum atomic E-state index is -0.331. The van der Waals surface area contributed by atoms with Crippen LogP contribution in [0.25, 0.3) is 0 Å². The summed E-state index contributed by atoms with van der Waals surface area (Å²) in [6.45, 7) is -0.308. The first-order chi connectivity index (χ1) is 9.69. The number of benzene rings is 1. The van der Waals surface area contributed by atoms with Crippen LogP contribution < -0.4 is 10.1 Å². The molecule has 5 nitrogen and oxygen atoms in total. The van der Waals surface area contributed by atoms with Crippen LogP contribution in [-0.2, 0) is 11.4 Å². The summed E-state index contributed by atoms with van der Waals surface area (Å²) in [5, 5.41) is 12.4. The van der Waals surface area contributed by atoms with E-state index in [4.69, 9.17) is 21.4 Å². The predicted molar refractivity (Wildman–Crippen MR) is 75.7 cm³/mol. The van der Waals surface area contributed by atoms with Gasteiger partial charge in [0.15, 0.2) is 6.61 Å². The quantitative estimate of drug-likeness (QED) is 0.886. The van der Waals surface area contributed by atoms with Gasteiger partial charge in [-0.3, -0.25) is 9.78 Å². The van der Waals surface area contributed by atoms with Crippen LogP contribution in [0.5, 0.6) is 5.75 Å². The number of pyridine rings is 1. The number of carbonyl (C=O) groups is 1. The van der Waals surface area contributed by atoms with Crippen molar-refractivity contribution in [3.63, 3.8) is 0 Å². The maximum Gasteiger partial charge on any atom is 0.262 e. The SMILES string of the molecule is O=C(COc1ccc(Cl)cc1)Nc1cnccc1CO. The van der Waals surface area contributed by atoms with Crippen LogP contribution in [0.15, 0.2) is 42.7 Å². The van der Waals surface area contributed by atoms with E-state index in [1.807, 2.05) is 0 Å². The van der Waals surface area contributed by atoms with E-state index in [1.165, 1.54) is 6.20 Å². The first-order valence-electron chi connectivity index (χ1n) is 5.91. The molecule has 0 radical (unpaired) electrons. The van der Waals surface area contributed by atoms with Gasteiger partial charge < -0.3 is 15.2 Å². The molecular formula is C14H13ClN2O3. The molecule has 1 heterocycles. The van der Waals surface area contributed by atoms with Crippen LogP contribution >= 0.6 is 11.6 Å². The Morgan fingerprint density at radius 3 is 2.75 bits per heavy atom. The molecule has 0 saturated heterocycles. The average Bonchev–Trinajstić information content (AvgIpc) is 2.47. The molecule has 2 rings (SSSR count). The zero-order chi connectivity index (χ0) is 14.4. The molecule has 0 aliphatic rings. The lowest BCUT2D eigenvalue weighted by Crippen LogP contribution is -2.21. The van der Waals surface area contributed by atoms with Crippen molar-refractivity contribution in [2.45, 2.75) is 6.61 Å². The van der Waals surface area contributed by atoms with Gasteiger partial charge in [-0.1, -0.05) is 11.6 Å². The maximum atomic E-state index is 11.7. The summed E-state index contributed by atoms with van der Waals surface area (Å²) in [5.41, 5.74) is 1.07. The van der Waals surface area contributed by atoms with E-state index < -0.39 is 0 Å². The van der Waals surface area contributed by atoms with Gasteiger partial charge in [-0.2, -0.15) is 0 Å². The molecule has 0 fully saturated rings. The number of ether oxygens (including phenoxy) is 1. The third kappa shape index (κ3) is 3.94. The van der Waals surface area contributed by atoms with Gasteiger partial charge in [0, 0.05) is 16.8 Å². The molecule has 1 aromatic carbocycles. The summed E-state index contributed by atoms with van der Waals surface area (Å²) in [4.78, 5) is 15.6. The number of nitrogens with one attached hydrogen (secondary N) is 1. The summed E-state index contributed by atoms with van der Waals surface area (Å²) in [5.74, 6) is 0.223. The van der Waals surface area contributed by atoms with Gasteiger partial charge >= 0.3 is 0 Å². The van der Waals surface area contributed by atoms with Crippen LogP contribution in [0, 0.1) is 0 Å². The zero-order valence-corrected chi connectivity index (χ0v) is 11.3. The van der Waals surface area contributed by atoms with Gasteiger partial charge in [0.1, 0.15) is 5.75 Å². The van der Waals surface area contributed by atoms with E-state index in [2.05, 4.69) is 10.3 Å². The molecule has 1 aromatic heterocycles. The molecule has 6 heteroatoms. The van der Waals surface area contributed by atoms with Crippen LogP contribution in [0.3, 0.4) is 0 Å². The first-order valence-corrected chi connectivity index (χ1v) is 6.29. The lowest BCUT2D eigenvalue weighted by molar-refractivity contribution is -0.118. The standard InChI is InChI=1S/C14H13ClN2O3/c15-11-1-3-12(4-2-11)20-9-14(19)17-13-7-16-6-5-10(13)8-18/h1-7,18H,8-9H2,(H,17,19). The third-order valence-corrected chi connectivity index (χ3v) is 2.79. The van der Waals surface area contributed by atoms with Crippen molar-refractivity contribution in [1.29, 1.82) is 0 Å². The highest BCUT2D eigenvalue weighted by Crippen LogP contribution is 2.16. The number of anilines is 1. The lowest BCUT2D eigenvalue weighted by atomic mass is 10.2. The number of aliphatic hydroxyl groups is 1. The molecule has 0 aliphatic heterocycles. The normalized spacial score (nSPS) is 10.1. The Hall–Kier alpha value is -2.11. The van der Waals surface area contributed by atoms with Crippen LogP contribution in [0.2, 0.25) is 5.02 Å². The van der Waals surface area contributed by atoms with Crippen LogP contribution in [0.4, 0.5) is 5.69 Å². The largest absolute Gasteiger partial charge is 0.484 e. The van der Waals surface area contributed by atoms with Crippen molar-refractivity contribution < 1.29 is 14.6 Å². The third-order valence-electron chi connectivity index (χ3n) is 2.54. The molecule has 2 N–H and O–H groups in total. The highest BCUT2D eigenvalue weighted by atomic mass is 35.5. The molecule has 20 heavy (non-hydrogen) atoms. The Labute approximate surface area is 121 Å². The smallest absolute Gasteiger partial charge is 0.262 e. The van der Waals surface area contributed by atoms with E-state index in [0.717, 1.165) is 0 Å². The van der Waals surface area contributed by atoms with E-state index in [9.17, 15) is 4.79 Å². The molecule has 0 aliphatic carbocycles. The average molecular weight is 293 g/mol. The van der Waals surface area contributed by atoms with Gasteiger partial charge in [-0.05, 0) is 30.3 Å². The van der Waals surface area contributed by atoms with Crippen molar-refractivity contribution in [1.82, 2.24) is 4.98 Å². The molecule has 0 bridgehead atoms. The summed E-state index contributed by atoms with van der Waals surface area (Å²) in [7, 11) is 0. The minimum Gasteiger partial charge on any atom is -0.484 e. The molecule has 1 amide bonds. The van der Waals surface area contributed by atoms with Crippen molar-refractivity contribution in [3.8, 4) is 5.75 Å². The number of nitrogens with zero attached hydrogens (tertiary/aromatic N) is 1. The van der Waals surface area contributed by atoms with Crippen LogP contribution in [0.1, 0.15) is 5.56 Å². The second-order valence-corrected chi connectivity index (χ2v) is 4.42. The molecule has 2 aromatic rings. The van der Waals surface area contributed by atoms with Crippen molar-refractivity contribution in [3.05, 3.63) is 53.3 Å². The number of halogens is 1. The van der Waals surface area contributed by atoms with Crippen molar-refractivity contribution >= 4 is 23.2 Å². The lowest BCUT2D eigenvalue weighted by Gasteiger charge is -2.09. The van der Waals surface area contributed by atoms with E-state index in [-0.39, 0.29) is 19.1 Å². The van der Waals surface area contributed by atoms with E-state index >= 15 is 0 Å². The van der Waals surface area contributed by atoms with Gasteiger partial charge in [0.05, 0.1) is 18.5 Å². The number of aromatic nitrogens is 1. The van der Waals surface area contributed by atoms with Crippen molar-refractivity contribution in [2.24, 2.45) is 0 Å². The number of amides is 1. The predicted octanol–water partition coefficient (Wildman–Crippen LogP) is 2.24. The molecule has 0 saturated carbocycles. The number of hydrogen-bond donors (Lipinski definition) is 2. The van der Waals surface area contributed by atoms with E-state index in [0.29, 0.717) is 22.0 Å². The Balaban J connectivity index is 1.91. The Kier molecular flexibility index (Phi) is 4.92. The monoisotopic (exact) mass is 292 g/mol. The fraction of sp³-hybridized carbons (Fsp3) is 0.143. The number of aliphatic hydroxyl groups excluding tert-OH is 1. The van der Waals surface area contributed by atoms with Gasteiger partial charge in [-0.15, -0.1) is 0 Å². The second kappa shape index (κ2) is 6.88. The van der Waals surface area contributed by atoms with Crippen LogP contribution in [-0.4, -0.2) is 22.6 Å². The minimum absolute atomic E-state index is 0.138. The Bertz CT molecular complexity index is 587. The number of rotatable bonds is 5. The highest BCUT2D eigenvalue weighted by Gasteiger charge is 2.07. The van der Waals surface area contributed by atoms with Crippen molar-refractivity contribution in [2.75, 3.05) is 11.9 Å². The fourth-order valence-electron chi connectivity index (χ4n) is 1.54. The Morgan fingerprint density at radius 2 is 2.05 bits per heavy atom. The van der Waals surface area contributed by atoms with Gasteiger partial charge in [0.2, 0.25) is 0 Å². The summed E-state index contributed by atoms with van der Waals surface area (Å²) >= 11 is 5.75. The summed E-state index contributed by atoms with van der Waals surface area (Å²) < 4.78 is 5.31. The Morgan fingerprint density at radius 1 is 1.30 bits per heavy atom.